The summed E-state index contributed by atoms with van der Waals surface area (Å²) in [5.74, 6) is 0.892. The SMILES string of the molecule is CCCCCOc1ccc(C(O)CC)cc1. The summed E-state index contributed by atoms with van der Waals surface area (Å²) in [6, 6.07) is 7.73. The molecule has 1 unspecified atom stereocenters. The molecular weight excluding hydrogens is 200 g/mol. The van der Waals surface area contributed by atoms with E-state index in [1.807, 2.05) is 31.2 Å². The smallest absolute Gasteiger partial charge is 0.119 e. The van der Waals surface area contributed by atoms with Crippen molar-refractivity contribution in [2.75, 3.05) is 6.61 Å². The van der Waals surface area contributed by atoms with Crippen molar-refractivity contribution in [2.24, 2.45) is 0 Å². The van der Waals surface area contributed by atoms with E-state index in [0.29, 0.717) is 0 Å². The van der Waals surface area contributed by atoms with Crippen LogP contribution < -0.4 is 4.74 Å². The Balaban J connectivity index is 2.39. The van der Waals surface area contributed by atoms with Gasteiger partial charge in [-0.05, 0) is 30.5 Å². The van der Waals surface area contributed by atoms with Gasteiger partial charge >= 0.3 is 0 Å². The highest BCUT2D eigenvalue weighted by molar-refractivity contribution is 5.28. The maximum absolute atomic E-state index is 9.63. The lowest BCUT2D eigenvalue weighted by Crippen LogP contribution is -1.98. The average Bonchev–Trinajstić information content (AvgIpc) is 2.34. The molecule has 0 fully saturated rings. The van der Waals surface area contributed by atoms with Crippen LogP contribution in [-0.2, 0) is 0 Å². The molecule has 1 N–H and O–H groups in total. The van der Waals surface area contributed by atoms with Gasteiger partial charge in [-0.1, -0.05) is 38.8 Å². The van der Waals surface area contributed by atoms with Crippen LogP contribution in [0.3, 0.4) is 0 Å². The molecule has 1 rings (SSSR count). The summed E-state index contributed by atoms with van der Waals surface area (Å²) < 4.78 is 5.59. The molecular formula is C14H22O2. The number of hydrogen-bond acceptors (Lipinski definition) is 2. The van der Waals surface area contributed by atoms with Crippen LogP contribution in [0.4, 0.5) is 0 Å². The predicted molar refractivity (Wildman–Crippen MR) is 66.7 cm³/mol. The van der Waals surface area contributed by atoms with Crippen LogP contribution in [0.15, 0.2) is 24.3 Å². The third-order valence-corrected chi connectivity index (χ3v) is 2.67. The van der Waals surface area contributed by atoms with Crippen molar-refractivity contribution in [3.8, 4) is 5.75 Å². The third kappa shape index (κ3) is 4.23. The molecule has 2 nitrogen and oxygen atoms in total. The number of aliphatic hydroxyl groups is 1. The molecule has 1 aromatic rings. The summed E-state index contributed by atoms with van der Waals surface area (Å²) in [7, 11) is 0. The standard InChI is InChI=1S/C14H22O2/c1-3-5-6-11-16-13-9-7-12(8-10-13)14(15)4-2/h7-10,14-15H,3-6,11H2,1-2H3. The average molecular weight is 222 g/mol. The van der Waals surface area contributed by atoms with Crippen LogP contribution in [0, 0.1) is 0 Å². The topological polar surface area (TPSA) is 29.5 Å². The zero-order chi connectivity index (χ0) is 11.8. The maximum atomic E-state index is 9.63. The molecule has 0 heterocycles. The molecule has 0 radical (unpaired) electrons. The number of rotatable bonds is 7. The zero-order valence-electron chi connectivity index (χ0n) is 10.3. The van der Waals surface area contributed by atoms with Gasteiger partial charge in [-0.2, -0.15) is 0 Å². The van der Waals surface area contributed by atoms with E-state index >= 15 is 0 Å². The molecule has 0 aromatic heterocycles. The fourth-order valence-electron chi connectivity index (χ4n) is 1.56. The zero-order valence-corrected chi connectivity index (χ0v) is 10.3. The number of aliphatic hydroxyl groups excluding tert-OH is 1. The van der Waals surface area contributed by atoms with Crippen LogP contribution in [0.25, 0.3) is 0 Å². The third-order valence-electron chi connectivity index (χ3n) is 2.67. The molecule has 0 bridgehead atoms. The first-order valence-corrected chi connectivity index (χ1v) is 6.18. The van der Waals surface area contributed by atoms with E-state index in [2.05, 4.69) is 6.92 Å². The van der Waals surface area contributed by atoms with Crippen molar-refractivity contribution in [3.63, 3.8) is 0 Å². The second kappa shape index (κ2) is 7.29. The molecule has 0 saturated carbocycles. The van der Waals surface area contributed by atoms with Gasteiger partial charge in [-0.3, -0.25) is 0 Å². The summed E-state index contributed by atoms with van der Waals surface area (Å²) in [5, 5.41) is 9.63. The minimum atomic E-state index is -0.353. The van der Waals surface area contributed by atoms with E-state index in [9.17, 15) is 5.11 Å². The summed E-state index contributed by atoms with van der Waals surface area (Å²) in [5.41, 5.74) is 0.961. The molecule has 0 aliphatic carbocycles. The molecule has 2 heteroatoms. The van der Waals surface area contributed by atoms with E-state index in [1.165, 1.54) is 12.8 Å². The van der Waals surface area contributed by atoms with Crippen molar-refractivity contribution < 1.29 is 9.84 Å². The second-order valence-electron chi connectivity index (χ2n) is 4.05. The summed E-state index contributed by atoms with van der Waals surface area (Å²) in [4.78, 5) is 0. The minimum absolute atomic E-state index is 0.353. The summed E-state index contributed by atoms with van der Waals surface area (Å²) in [6.07, 6.45) is 3.93. The van der Waals surface area contributed by atoms with E-state index in [-0.39, 0.29) is 6.10 Å². The molecule has 0 saturated heterocycles. The quantitative estimate of drug-likeness (QED) is 0.713. The van der Waals surface area contributed by atoms with Gasteiger partial charge in [-0.25, -0.2) is 0 Å². The lowest BCUT2D eigenvalue weighted by atomic mass is 10.1. The van der Waals surface area contributed by atoms with Gasteiger partial charge in [-0.15, -0.1) is 0 Å². The Hall–Kier alpha value is -1.02. The number of ether oxygens (including phenoxy) is 1. The van der Waals surface area contributed by atoms with Gasteiger partial charge < -0.3 is 9.84 Å². The highest BCUT2D eigenvalue weighted by atomic mass is 16.5. The van der Waals surface area contributed by atoms with Crippen molar-refractivity contribution >= 4 is 0 Å². The lowest BCUT2D eigenvalue weighted by molar-refractivity contribution is 0.173. The first kappa shape index (κ1) is 13.0. The fourth-order valence-corrected chi connectivity index (χ4v) is 1.56. The monoisotopic (exact) mass is 222 g/mol. The molecule has 16 heavy (non-hydrogen) atoms. The van der Waals surface area contributed by atoms with Gasteiger partial charge in [0.05, 0.1) is 12.7 Å². The Labute approximate surface area is 98.3 Å². The molecule has 90 valence electrons. The molecule has 0 amide bonds. The van der Waals surface area contributed by atoms with Crippen LogP contribution in [0.5, 0.6) is 5.75 Å². The summed E-state index contributed by atoms with van der Waals surface area (Å²) >= 11 is 0. The van der Waals surface area contributed by atoms with E-state index in [4.69, 9.17) is 4.74 Å². The second-order valence-corrected chi connectivity index (χ2v) is 4.05. The highest BCUT2D eigenvalue weighted by Crippen LogP contribution is 2.19. The normalized spacial score (nSPS) is 12.4. The number of unbranched alkanes of at least 4 members (excludes halogenated alkanes) is 2. The van der Waals surface area contributed by atoms with Gasteiger partial charge in [0.2, 0.25) is 0 Å². The number of benzene rings is 1. The maximum Gasteiger partial charge on any atom is 0.119 e. The highest BCUT2D eigenvalue weighted by Gasteiger charge is 2.03. The van der Waals surface area contributed by atoms with Gasteiger partial charge in [0, 0.05) is 0 Å². The fraction of sp³-hybridized carbons (Fsp3) is 0.571. The Morgan fingerprint density at radius 1 is 1.12 bits per heavy atom. The first-order valence-electron chi connectivity index (χ1n) is 6.18. The van der Waals surface area contributed by atoms with E-state index < -0.39 is 0 Å². The molecule has 0 spiro atoms. The molecule has 0 aliphatic rings. The molecule has 0 aliphatic heterocycles. The van der Waals surface area contributed by atoms with Crippen LogP contribution in [-0.4, -0.2) is 11.7 Å². The van der Waals surface area contributed by atoms with Crippen LogP contribution >= 0.6 is 0 Å². The predicted octanol–water partition coefficient (Wildman–Crippen LogP) is 3.70. The minimum Gasteiger partial charge on any atom is -0.494 e. The van der Waals surface area contributed by atoms with E-state index in [1.54, 1.807) is 0 Å². The van der Waals surface area contributed by atoms with Crippen molar-refractivity contribution in [1.29, 1.82) is 0 Å². The van der Waals surface area contributed by atoms with Crippen molar-refractivity contribution in [1.82, 2.24) is 0 Å². The number of hydrogen-bond donors (Lipinski definition) is 1. The lowest BCUT2D eigenvalue weighted by Gasteiger charge is -2.10. The Kier molecular flexibility index (Phi) is 5.94. The van der Waals surface area contributed by atoms with Gasteiger partial charge in [0.1, 0.15) is 5.75 Å². The van der Waals surface area contributed by atoms with Crippen molar-refractivity contribution in [3.05, 3.63) is 29.8 Å². The Bertz CT molecular complexity index is 279. The van der Waals surface area contributed by atoms with Crippen LogP contribution in [0.2, 0.25) is 0 Å². The largest absolute Gasteiger partial charge is 0.494 e. The van der Waals surface area contributed by atoms with Crippen molar-refractivity contribution in [2.45, 2.75) is 45.6 Å². The Morgan fingerprint density at radius 2 is 1.81 bits per heavy atom. The van der Waals surface area contributed by atoms with E-state index in [0.717, 1.165) is 30.8 Å². The first-order chi connectivity index (χ1) is 7.77. The van der Waals surface area contributed by atoms with Gasteiger partial charge in [0.15, 0.2) is 0 Å². The Morgan fingerprint density at radius 3 is 2.38 bits per heavy atom. The molecule has 1 atom stereocenters. The van der Waals surface area contributed by atoms with Gasteiger partial charge in [0.25, 0.3) is 0 Å². The summed E-state index contributed by atoms with van der Waals surface area (Å²) in [6.45, 7) is 4.93. The molecule has 1 aromatic carbocycles. The van der Waals surface area contributed by atoms with Crippen LogP contribution in [0.1, 0.15) is 51.2 Å².